The molecule has 3 N–H and O–H groups in total. The van der Waals surface area contributed by atoms with E-state index < -0.39 is 0 Å². The Morgan fingerprint density at radius 3 is 2.61 bits per heavy atom. The first-order valence-electron chi connectivity index (χ1n) is 5.83. The first-order valence-corrected chi connectivity index (χ1v) is 6.88. The van der Waals surface area contributed by atoms with Crippen molar-refractivity contribution in [1.29, 1.82) is 0 Å². The molecule has 3 nitrogen and oxygen atoms in total. The quantitative estimate of drug-likeness (QED) is 0.374. The SMILES string of the molecule is CC(C)C(C)SCc1ccc(/C(N)=N/O)cc1F. The molecule has 1 aromatic carbocycles. The molecule has 0 aliphatic carbocycles. The molecule has 1 atom stereocenters. The smallest absolute Gasteiger partial charge is 0.170 e. The lowest BCUT2D eigenvalue weighted by atomic mass is 10.1. The number of hydrogen-bond donors (Lipinski definition) is 2. The van der Waals surface area contributed by atoms with Gasteiger partial charge in [-0.05, 0) is 17.5 Å². The van der Waals surface area contributed by atoms with E-state index in [4.69, 9.17) is 10.9 Å². The third-order valence-corrected chi connectivity index (χ3v) is 4.44. The highest BCUT2D eigenvalue weighted by molar-refractivity contribution is 7.99. The predicted octanol–water partition coefficient (Wildman–Crippen LogP) is 3.20. The summed E-state index contributed by atoms with van der Waals surface area (Å²) in [6, 6.07) is 4.64. The molecule has 0 heterocycles. The molecule has 1 rings (SSSR count). The van der Waals surface area contributed by atoms with Crippen LogP contribution in [-0.2, 0) is 5.75 Å². The second-order valence-corrected chi connectivity index (χ2v) is 5.92. The zero-order valence-corrected chi connectivity index (χ0v) is 11.7. The summed E-state index contributed by atoms with van der Waals surface area (Å²) in [7, 11) is 0. The van der Waals surface area contributed by atoms with Crippen molar-refractivity contribution >= 4 is 17.6 Å². The van der Waals surface area contributed by atoms with Crippen LogP contribution in [0.25, 0.3) is 0 Å². The highest BCUT2D eigenvalue weighted by Gasteiger charge is 2.11. The van der Waals surface area contributed by atoms with E-state index in [0.29, 0.717) is 28.0 Å². The van der Waals surface area contributed by atoms with Crippen molar-refractivity contribution in [2.75, 3.05) is 0 Å². The zero-order valence-electron chi connectivity index (χ0n) is 10.9. The van der Waals surface area contributed by atoms with Gasteiger partial charge in [0.15, 0.2) is 5.84 Å². The second-order valence-electron chi connectivity index (χ2n) is 4.55. The number of nitrogens with two attached hydrogens (primary N) is 1. The van der Waals surface area contributed by atoms with Gasteiger partial charge in [0.25, 0.3) is 0 Å². The lowest BCUT2D eigenvalue weighted by Crippen LogP contribution is -2.13. The van der Waals surface area contributed by atoms with Gasteiger partial charge >= 0.3 is 0 Å². The van der Waals surface area contributed by atoms with Crippen molar-refractivity contribution < 1.29 is 9.60 Å². The molecule has 0 fully saturated rings. The Morgan fingerprint density at radius 1 is 1.44 bits per heavy atom. The summed E-state index contributed by atoms with van der Waals surface area (Å²) in [4.78, 5) is 0. The molecule has 18 heavy (non-hydrogen) atoms. The van der Waals surface area contributed by atoms with E-state index in [1.54, 1.807) is 23.9 Å². The Bertz CT molecular complexity index is 435. The summed E-state index contributed by atoms with van der Waals surface area (Å²) >= 11 is 1.72. The zero-order chi connectivity index (χ0) is 13.7. The maximum atomic E-state index is 13.8. The highest BCUT2D eigenvalue weighted by Crippen LogP contribution is 2.24. The van der Waals surface area contributed by atoms with Gasteiger partial charge in [-0.3, -0.25) is 0 Å². The van der Waals surface area contributed by atoms with Crippen molar-refractivity contribution in [3.05, 3.63) is 35.1 Å². The van der Waals surface area contributed by atoms with E-state index in [1.165, 1.54) is 6.07 Å². The van der Waals surface area contributed by atoms with Crippen LogP contribution in [-0.4, -0.2) is 16.3 Å². The normalized spacial score (nSPS) is 13.9. The highest BCUT2D eigenvalue weighted by atomic mass is 32.2. The third-order valence-electron chi connectivity index (χ3n) is 2.90. The van der Waals surface area contributed by atoms with Crippen LogP contribution in [0, 0.1) is 11.7 Å². The molecule has 1 aromatic rings. The Balaban J connectivity index is 2.74. The minimum Gasteiger partial charge on any atom is -0.409 e. The largest absolute Gasteiger partial charge is 0.409 e. The van der Waals surface area contributed by atoms with E-state index >= 15 is 0 Å². The van der Waals surface area contributed by atoms with Crippen LogP contribution in [0.4, 0.5) is 4.39 Å². The van der Waals surface area contributed by atoms with Crippen LogP contribution < -0.4 is 5.73 Å². The molecule has 0 radical (unpaired) electrons. The molecule has 0 amide bonds. The number of thioether (sulfide) groups is 1. The van der Waals surface area contributed by atoms with Crippen molar-refractivity contribution in [2.24, 2.45) is 16.8 Å². The van der Waals surface area contributed by atoms with Gasteiger partial charge < -0.3 is 10.9 Å². The number of amidine groups is 1. The Hall–Kier alpha value is -1.23. The Labute approximate surface area is 111 Å². The van der Waals surface area contributed by atoms with Gasteiger partial charge in [0, 0.05) is 16.6 Å². The van der Waals surface area contributed by atoms with E-state index in [1.807, 2.05) is 0 Å². The topological polar surface area (TPSA) is 58.6 Å². The minimum atomic E-state index is -0.317. The average Bonchev–Trinajstić information content (AvgIpc) is 2.35. The molecule has 0 aliphatic rings. The van der Waals surface area contributed by atoms with Crippen molar-refractivity contribution in [3.63, 3.8) is 0 Å². The molecule has 0 aromatic heterocycles. The van der Waals surface area contributed by atoms with Crippen LogP contribution in [0.5, 0.6) is 0 Å². The van der Waals surface area contributed by atoms with Crippen LogP contribution in [0.3, 0.4) is 0 Å². The van der Waals surface area contributed by atoms with Gasteiger partial charge in [-0.1, -0.05) is 38.1 Å². The predicted molar refractivity (Wildman–Crippen MR) is 74.5 cm³/mol. The van der Waals surface area contributed by atoms with Crippen LogP contribution in [0.1, 0.15) is 31.9 Å². The second kappa shape index (κ2) is 6.64. The molecule has 100 valence electrons. The standard InChI is InChI=1S/C13H19FN2OS/c1-8(2)9(3)18-7-11-5-4-10(6-12(11)14)13(15)16-17/h4-6,8-9,17H,7H2,1-3H3,(H2,15,16). The number of nitrogens with zero attached hydrogens (tertiary/aromatic N) is 1. The molecule has 0 bridgehead atoms. The third kappa shape index (κ3) is 3.91. The van der Waals surface area contributed by atoms with E-state index in [2.05, 4.69) is 25.9 Å². The van der Waals surface area contributed by atoms with Gasteiger partial charge in [-0.2, -0.15) is 11.8 Å². The monoisotopic (exact) mass is 270 g/mol. The van der Waals surface area contributed by atoms with Crippen molar-refractivity contribution in [2.45, 2.75) is 31.8 Å². The van der Waals surface area contributed by atoms with Crippen LogP contribution in [0.2, 0.25) is 0 Å². The van der Waals surface area contributed by atoms with E-state index in [9.17, 15) is 4.39 Å². The van der Waals surface area contributed by atoms with Gasteiger partial charge in [-0.25, -0.2) is 4.39 Å². The van der Waals surface area contributed by atoms with E-state index in [0.717, 1.165) is 0 Å². The number of benzene rings is 1. The first-order chi connectivity index (χ1) is 8.45. The fourth-order valence-corrected chi connectivity index (χ4v) is 2.36. The summed E-state index contributed by atoms with van der Waals surface area (Å²) in [5.41, 5.74) is 6.43. The maximum absolute atomic E-state index is 13.8. The number of rotatable bonds is 5. The van der Waals surface area contributed by atoms with Gasteiger partial charge in [0.05, 0.1) is 0 Å². The molecule has 0 spiro atoms. The van der Waals surface area contributed by atoms with Crippen molar-refractivity contribution in [3.8, 4) is 0 Å². The van der Waals surface area contributed by atoms with Crippen LogP contribution in [0.15, 0.2) is 23.4 Å². The van der Waals surface area contributed by atoms with Gasteiger partial charge in [0.1, 0.15) is 5.82 Å². The summed E-state index contributed by atoms with van der Waals surface area (Å²) in [6.07, 6.45) is 0. The fourth-order valence-electron chi connectivity index (χ4n) is 1.30. The average molecular weight is 270 g/mol. The lowest BCUT2D eigenvalue weighted by Gasteiger charge is -2.15. The first kappa shape index (κ1) is 14.8. The summed E-state index contributed by atoms with van der Waals surface area (Å²) in [5, 5.41) is 11.9. The molecule has 1 unspecified atom stereocenters. The lowest BCUT2D eigenvalue weighted by molar-refractivity contribution is 0.318. The van der Waals surface area contributed by atoms with E-state index in [-0.39, 0.29) is 11.7 Å². The number of oxime groups is 1. The minimum absolute atomic E-state index is 0.0800. The summed E-state index contributed by atoms with van der Waals surface area (Å²) in [6.45, 7) is 6.43. The number of hydrogen-bond acceptors (Lipinski definition) is 3. The molecule has 0 aliphatic heterocycles. The molecular weight excluding hydrogens is 251 g/mol. The maximum Gasteiger partial charge on any atom is 0.170 e. The van der Waals surface area contributed by atoms with Crippen LogP contribution >= 0.6 is 11.8 Å². The Morgan fingerprint density at radius 2 is 2.11 bits per heavy atom. The molecular formula is C13H19FN2OS. The van der Waals surface area contributed by atoms with Gasteiger partial charge in [-0.15, -0.1) is 0 Å². The van der Waals surface area contributed by atoms with Crippen molar-refractivity contribution in [1.82, 2.24) is 0 Å². The Kier molecular flexibility index (Phi) is 5.47. The van der Waals surface area contributed by atoms with Gasteiger partial charge in [0.2, 0.25) is 0 Å². The summed E-state index contributed by atoms with van der Waals surface area (Å²) < 4.78 is 13.8. The fraction of sp³-hybridized carbons (Fsp3) is 0.462. The molecule has 5 heteroatoms. The molecule has 0 saturated carbocycles. The summed E-state index contributed by atoms with van der Waals surface area (Å²) in [5.74, 6) is 0.794. The number of halogens is 1. The molecule has 0 saturated heterocycles.